The van der Waals surface area contributed by atoms with Crippen LogP contribution in [0.2, 0.25) is 0 Å². The second-order valence-electron chi connectivity index (χ2n) is 2.06. The number of ether oxygens (including phenoxy) is 2. The summed E-state index contributed by atoms with van der Waals surface area (Å²) < 4.78 is 9.55. The minimum absolute atomic E-state index is 0.133. The van der Waals surface area contributed by atoms with E-state index in [1.54, 1.807) is 6.08 Å². The second kappa shape index (κ2) is 7.28. The number of unbranched alkanes of at least 4 members (excludes halogenated alkanes) is 1. The van der Waals surface area contributed by atoms with Gasteiger partial charge in [0, 0.05) is 7.11 Å². The summed E-state index contributed by atoms with van der Waals surface area (Å²) >= 11 is 0. The van der Waals surface area contributed by atoms with Gasteiger partial charge in [0.05, 0.1) is 0 Å². The Labute approximate surface area is 67.0 Å². The average molecular weight is 158 g/mol. The Morgan fingerprint density at radius 2 is 2.27 bits per heavy atom. The highest BCUT2D eigenvalue weighted by atomic mass is 16.7. The van der Waals surface area contributed by atoms with Crippen molar-refractivity contribution in [1.82, 2.24) is 0 Å². The first-order chi connectivity index (χ1) is 5.35. The van der Waals surface area contributed by atoms with E-state index in [1.807, 2.05) is 6.92 Å². The first-order valence-electron chi connectivity index (χ1n) is 3.62. The fourth-order valence-corrected chi connectivity index (χ4v) is 0.555. The highest BCUT2D eigenvalue weighted by molar-refractivity contribution is 5.69. The second-order valence-corrected chi connectivity index (χ2v) is 2.06. The molecule has 3 heteroatoms. The van der Waals surface area contributed by atoms with Crippen LogP contribution in [0, 0.1) is 0 Å². The Balaban J connectivity index is 3.64. The van der Waals surface area contributed by atoms with Crippen molar-refractivity contribution in [1.29, 1.82) is 0 Å². The van der Waals surface area contributed by atoms with Crippen LogP contribution in [0.15, 0.2) is 11.8 Å². The molecule has 0 spiro atoms. The van der Waals surface area contributed by atoms with E-state index in [-0.39, 0.29) is 6.79 Å². The summed E-state index contributed by atoms with van der Waals surface area (Å²) in [5.41, 5.74) is 0. The molecule has 0 heterocycles. The van der Waals surface area contributed by atoms with Crippen LogP contribution >= 0.6 is 0 Å². The van der Waals surface area contributed by atoms with E-state index in [0.29, 0.717) is 12.0 Å². The maximum atomic E-state index is 10.3. The van der Waals surface area contributed by atoms with Gasteiger partial charge in [0.25, 0.3) is 0 Å². The Morgan fingerprint density at radius 3 is 2.73 bits per heavy atom. The number of carbonyl (C=O) groups is 1. The highest BCUT2D eigenvalue weighted by Gasteiger charge is 1.92. The van der Waals surface area contributed by atoms with Crippen molar-refractivity contribution in [2.45, 2.75) is 19.8 Å². The molecule has 0 saturated carbocycles. The van der Waals surface area contributed by atoms with Crippen molar-refractivity contribution in [2.24, 2.45) is 0 Å². The molecule has 11 heavy (non-hydrogen) atoms. The number of hydrogen-bond acceptors (Lipinski definition) is 3. The SMILES string of the molecule is CCCC=C(C=O)OCOC. The number of carbonyl (C=O) groups excluding carboxylic acids is 1. The van der Waals surface area contributed by atoms with Crippen LogP contribution < -0.4 is 0 Å². The van der Waals surface area contributed by atoms with Gasteiger partial charge < -0.3 is 9.47 Å². The molecule has 3 nitrogen and oxygen atoms in total. The Morgan fingerprint density at radius 1 is 1.55 bits per heavy atom. The van der Waals surface area contributed by atoms with Gasteiger partial charge in [-0.1, -0.05) is 13.3 Å². The van der Waals surface area contributed by atoms with E-state index < -0.39 is 0 Å². The topological polar surface area (TPSA) is 35.5 Å². The van der Waals surface area contributed by atoms with Crippen LogP contribution in [0.5, 0.6) is 0 Å². The smallest absolute Gasteiger partial charge is 0.188 e. The maximum Gasteiger partial charge on any atom is 0.188 e. The summed E-state index contributed by atoms with van der Waals surface area (Å²) in [7, 11) is 1.52. The molecule has 0 atom stereocenters. The number of hydrogen-bond donors (Lipinski definition) is 0. The van der Waals surface area contributed by atoms with Crippen LogP contribution in [-0.4, -0.2) is 20.2 Å². The normalized spacial score (nSPS) is 11.3. The third-order valence-corrected chi connectivity index (χ3v) is 1.09. The molecule has 0 aromatic rings. The van der Waals surface area contributed by atoms with Gasteiger partial charge in [-0.15, -0.1) is 0 Å². The van der Waals surface area contributed by atoms with Crippen LogP contribution in [0.3, 0.4) is 0 Å². The van der Waals surface area contributed by atoms with Crippen molar-refractivity contribution in [3.63, 3.8) is 0 Å². The van der Waals surface area contributed by atoms with Gasteiger partial charge >= 0.3 is 0 Å². The predicted molar refractivity (Wildman–Crippen MR) is 42.0 cm³/mol. The molecule has 0 aromatic heterocycles. The summed E-state index contributed by atoms with van der Waals surface area (Å²) in [4.78, 5) is 10.3. The van der Waals surface area contributed by atoms with Gasteiger partial charge in [0.15, 0.2) is 18.8 Å². The quantitative estimate of drug-likeness (QED) is 0.254. The van der Waals surface area contributed by atoms with Crippen LogP contribution in [-0.2, 0) is 14.3 Å². The maximum absolute atomic E-state index is 10.3. The molecule has 0 rings (SSSR count). The third-order valence-electron chi connectivity index (χ3n) is 1.09. The Kier molecular flexibility index (Phi) is 6.73. The minimum Gasteiger partial charge on any atom is -0.464 e. The van der Waals surface area contributed by atoms with Crippen molar-refractivity contribution in [3.8, 4) is 0 Å². The molecular formula is C8H14O3. The molecule has 0 fully saturated rings. The molecule has 0 aliphatic rings. The van der Waals surface area contributed by atoms with Gasteiger partial charge in [0.1, 0.15) is 0 Å². The van der Waals surface area contributed by atoms with Gasteiger partial charge in [0.2, 0.25) is 0 Å². The number of methoxy groups -OCH3 is 1. The van der Waals surface area contributed by atoms with Crippen molar-refractivity contribution >= 4 is 6.29 Å². The van der Waals surface area contributed by atoms with E-state index in [2.05, 4.69) is 4.74 Å². The molecule has 0 unspecified atom stereocenters. The van der Waals surface area contributed by atoms with Crippen LogP contribution in [0.4, 0.5) is 0 Å². The number of rotatable bonds is 6. The molecule has 64 valence electrons. The zero-order valence-electron chi connectivity index (χ0n) is 7.00. The summed E-state index contributed by atoms with van der Waals surface area (Å²) in [5, 5.41) is 0. The molecule has 0 saturated heterocycles. The fourth-order valence-electron chi connectivity index (χ4n) is 0.555. The Bertz CT molecular complexity index is 129. The van der Waals surface area contributed by atoms with Gasteiger partial charge in [-0.05, 0) is 12.5 Å². The molecule has 0 amide bonds. The fraction of sp³-hybridized carbons (Fsp3) is 0.625. The lowest BCUT2D eigenvalue weighted by molar-refractivity contribution is -0.110. The third kappa shape index (κ3) is 5.61. The van der Waals surface area contributed by atoms with Crippen LogP contribution in [0.1, 0.15) is 19.8 Å². The summed E-state index contributed by atoms with van der Waals surface area (Å²) in [6.07, 6.45) is 4.31. The first-order valence-corrected chi connectivity index (χ1v) is 3.62. The standard InChI is InChI=1S/C8H14O3/c1-3-4-5-8(6-9)11-7-10-2/h5-6H,3-4,7H2,1-2H3. The molecule has 0 bridgehead atoms. The van der Waals surface area contributed by atoms with Crippen LogP contribution in [0.25, 0.3) is 0 Å². The molecular weight excluding hydrogens is 144 g/mol. The van der Waals surface area contributed by atoms with Gasteiger partial charge in [-0.2, -0.15) is 0 Å². The summed E-state index contributed by atoms with van der Waals surface area (Å²) in [5.74, 6) is 0.355. The number of aldehydes is 1. The predicted octanol–water partition coefficient (Wildman–Crippen LogP) is 1.49. The summed E-state index contributed by atoms with van der Waals surface area (Å²) in [6, 6.07) is 0. The lowest BCUT2D eigenvalue weighted by Crippen LogP contribution is -1.97. The van der Waals surface area contributed by atoms with Gasteiger partial charge in [-0.25, -0.2) is 0 Å². The number of allylic oxidation sites excluding steroid dienone is 2. The molecule has 0 aliphatic heterocycles. The van der Waals surface area contributed by atoms with E-state index in [1.165, 1.54) is 7.11 Å². The van der Waals surface area contributed by atoms with Gasteiger partial charge in [-0.3, -0.25) is 4.79 Å². The highest BCUT2D eigenvalue weighted by Crippen LogP contribution is 1.97. The zero-order valence-corrected chi connectivity index (χ0v) is 7.00. The minimum atomic E-state index is 0.133. The average Bonchev–Trinajstić information content (AvgIpc) is 2.05. The zero-order chi connectivity index (χ0) is 8.53. The largest absolute Gasteiger partial charge is 0.464 e. The lowest BCUT2D eigenvalue weighted by Gasteiger charge is -2.01. The van der Waals surface area contributed by atoms with Crippen molar-refractivity contribution in [3.05, 3.63) is 11.8 Å². The first kappa shape index (κ1) is 10.2. The molecule has 0 N–H and O–H groups in total. The van der Waals surface area contributed by atoms with Crippen molar-refractivity contribution in [2.75, 3.05) is 13.9 Å². The van der Waals surface area contributed by atoms with E-state index in [4.69, 9.17) is 4.74 Å². The molecule has 0 aromatic carbocycles. The van der Waals surface area contributed by atoms with E-state index >= 15 is 0 Å². The molecule has 0 aliphatic carbocycles. The van der Waals surface area contributed by atoms with E-state index in [9.17, 15) is 4.79 Å². The van der Waals surface area contributed by atoms with Crippen molar-refractivity contribution < 1.29 is 14.3 Å². The van der Waals surface area contributed by atoms with E-state index in [0.717, 1.165) is 12.8 Å². The lowest BCUT2D eigenvalue weighted by atomic mass is 10.3. The Hall–Kier alpha value is -0.830. The summed E-state index contributed by atoms with van der Waals surface area (Å²) in [6.45, 7) is 2.17. The monoisotopic (exact) mass is 158 g/mol. The molecule has 0 radical (unpaired) electrons.